The summed E-state index contributed by atoms with van der Waals surface area (Å²) in [5.41, 5.74) is -0.197. The first kappa shape index (κ1) is 11.9. The summed E-state index contributed by atoms with van der Waals surface area (Å²) in [6, 6.07) is 3.24. The van der Waals surface area contributed by atoms with Crippen LogP contribution in [0.5, 0.6) is 5.88 Å². The highest BCUT2D eigenvalue weighted by atomic mass is 79.9. The van der Waals surface area contributed by atoms with Crippen molar-refractivity contribution in [3.8, 4) is 11.9 Å². The molecule has 15 heavy (non-hydrogen) atoms. The molecule has 0 aliphatic carbocycles. The fraction of sp³-hybridized carbons (Fsp3) is 0.333. The van der Waals surface area contributed by atoms with E-state index < -0.39 is 12.1 Å². The summed E-state index contributed by atoms with van der Waals surface area (Å²) in [4.78, 5) is 3.64. The highest BCUT2D eigenvalue weighted by Crippen LogP contribution is 2.30. The standard InChI is InChI=1S/C9H7BrF2N2O/c1-15-9-6(10)4-5(2-3-13)7(14-9)8(11)12/h4,8H,2H2,1H3. The van der Waals surface area contributed by atoms with E-state index in [2.05, 4.69) is 20.9 Å². The number of nitrogens with zero attached hydrogens (tertiary/aromatic N) is 2. The third kappa shape index (κ3) is 2.63. The zero-order chi connectivity index (χ0) is 11.4. The number of rotatable bonds is 3. The highest BCUT2D eigenvalue weighted by molar-refractivity contribution is 9.10. The number of ether oxygens (including phenoxy) is 1. The van der Waals surface area contributed by atoms with Gasteiger partial charge in [0.2, 0.25) is 5.88 Å². The molecule has 0 amide bonds. The first-order chi connectivity index (χ1) is 7.10. The summed E-state index contributed by atoms with van der Waals surface area (Å²) < 4.78 is 30.4. The van der Waals surface area contributed by atoms with Crippen molar-refractivity contribution in [2.45, 2.75) is 12.8 Å². The molecule has 0 N–H and O–H groups in total. The molecule has 0 spiro atoms. The lowest BCUT2D eigenvalue weighted by molar-refractivity contribution is 0.144. The van der Waals surface area contributed by atoms with Crippen molar-refractivity contribution in [2.75, 3.05) is 7.11 Å². The van der Waals surface area contributed by atoms with Crippen molar-refractivity contribution in [3.05, 3.63) is 21.8 Å². The van der Waals surface area contributed by atoms with Gasteiger partial charge in [-0.15, -0.1) is 0 Å². The number of aromatic nitrogens is 1. The Hall–Kier alpha value is -1.22. The van der Waals surface area contributed by atoms with Gasteiger partial charge in [0.25, 0.3) is 6.43 Å². The molecule has 1 aromatic rings. The zero-order valence-electron chi connectivity index (χ0n) is 7.80. The van der Waals surface area contributed by atoms with E-state index in [9.17, 15) is 8.78 Å². The smallest absolute Gasteiger partial charge is 0.280 e. The van der Waals surface area contributed by atoms with Crippen molar-refractivity contribution in [2.24, 2.45) is 0 Å². The molecule has 0 atom stereocenters. The Morgan fingerprint density at radius 2 is 2.33 bits per heavy atom. The first-order valence-corrected chi connectivity index (χ1v) is 4.77. The predicted octanol–water partition coefficient (Wildman–Crippen LogP) is 2.86. The van der Waals surface area contributed by atoms with Crippen LogP contribution in [0.4, 0.5) is 8.78 Å². The molecule has 1 rings (SSSR count). The molecule has 6 heteroatoms. The SMILES string of the molecule is COc1nc(C(F)F)c(CC#N)cc1Br. The number of halogens is 3. The van der Waals surface area contributed by atoms with Crippen molar-refractivity contribution < 1.29 is 13.5 Å². The molecule has 1 aromatic heterocycles. The van der Waals surface area contributed by atoms with Crippen molar-refractivity contribution >= 4 is 15.9 Å². The van der Waals surface area contributed by atoms with Gasteiger partial charge in [0.1, 0.15) is 5.69 Å². The predicted molar refractivity (Wildman–Crippen MR) is 52.8 cm³/mol. The van der Waals surface area contributed by atoms with E-state index in [0.717, 1.165) is 0 Å². The van der Waals surface area contributed by atoms with Crippen LogP contribution in [0.3, 0.4) is 0 Å². The van der Waals surface area contributed by atoms with Gasteiger partial charge >= 0.3 is 0 Å². The summed E-state index contributed by atoms with van der Waals surface area (Å²) in [6.07, 6.45) is -2.81. The largest absolute Gasteiger partial charge is 0.480 e. The number of hydrogen-bond donors (Lipinski definition) is 0. The third-order valence-corrected chi connectivity index (χ3v) is 2.29. The lowest BCUT2D eigenvalue weighted by Crippen LogP contribution is -2.01. The van der Waals surface area contributed by atoms with E-state index in [1.807, 2.05) is 6.07 Å². The highest BCUT2D eigenvalue weighted by Gasteiger charge is 2.18. The van der Waals surface area contributed by atoms with Crippen molar-refractivity contribution in [1.29, 1.82) is 5.26 Å². The normalized spacial score (nSPS) is 10.1. The van der Waals surface area contributed by atoms with Gasteiger partial charge in [0, 0.05) is 0 Å². The van der Waals surface area contributed by atoms with E-state index in [1.54, 1.807) is 0 Å². The summed E-state index contributed by atoms with van der Waals surface area (Å²) >= 11 is 3.12. The van der Waals surface area contributed by atoms with E-state index >= 15 is 0 Å². The van der Waals surface area contributed by atoms with Gasteiger partial charge in [-0.2, -0.15) is 5.26 Å². The Balaban J connectivity index is 3.26. The summed E-state index contributed by atoms with van der Waals surface area (Å²) in [7, 11) is 1.34. The molecule has 0 aliphatic rings. The Bertz CT molecular complexity index is 404. The minimum absolute atomic E-state index is 0.0898. The first-order valence-electron chi connectivity index (χ1n) is 3.98. The maximum absolute atomic E-state index is 12.6. The topological polar surface area (TPSA) is 45.9 Å². The number of nitriles is 1. The Morgan fingerprint density at radius 1 is 1.67 bits per heavy atom. The molecular formula is C9H7BrF2N2O. The Morgan fingerprint density at radius 3 is 2.80 bits per heavy atom. The van der Waals surface area contributed by atoms with Crippen LogP contribution in [-0.2, 0) is 6.42 Å². The fourth-order valence-electron chi connectivity index (χ4n) is 1.08. The fourth-order valence-corrected chi connectivity index (χ4v) is 1.61. The van der Waals surface area contributed by atoms with Crippen LogP contribution in [-0.4, -0.2) is 12.1 Å². The summed E-state index contributed by atoms with van der Waals surface area (Å²) in [5.74, 6) is 0.0898. The Kier molecular flexibility index (Phi) is 3.97. The van der Waals surface area contributed by atoms with Crippen LogP contribution in [0.2, 0.25) is 0 Å². The molecule has 1 heterocycles. The van der Waals surface area contributed by atoms with Gasteiger partial charge in [-0.3, -0.25) is 0 Å². The van der Waals surface area contributed by atoms with Gasteiger partial charge < -0.3 is 4.74 Å². The van der Waals surface area contributed by atoms with Gasteiger partial charge in [-0.05, 0) is 27.6 Å². The maximum Gasteiger partial charge on any atom is 0.280 e. The van der Waals surface area contributed by atoms with Gasteiger partial charge in [-0.25, -0.2) is 13.8 Å². The molecule has 3 nitrogen and oxygen atoms in total. The second-order valence-corrected chi connectivity index (χ2v) is 3.51. The number of pyridine rings is 1. The maximum atomic E-state index is 12.6. The molecule has 0 fully saturated rings. The molecule has 0 radical (unpaired) electrons. The molecule has 0 unspecified atom stereocenters. The van der Waals surface area contributed by atoms with Gasteiger partial charge in [0.15, 0.2) is 0 Å². The van der Waals surface area contributed by atoms with E-state index in [0.29, 0.717) is 4.47 Å². The average molecular weight is 277 g/mol. The molecule has 0 aliphatic heterocycles. The average Bonchev–Trinajstić information content (AvgIpc) is 2.18. The van der Waals surface area contributed by atoms with Gasteiger partial charge in [0.05, 0.1) is 24.1 Å². The summed E-state index contributed by atoms with van der Waals surface area (Å²) in [6.45, 7) is 0. The molecule has 0 aromatic carbocycles. The zero-order valence-corrected chi connectivity index (χ0v) is 9.38. The van der Waals surface area contributed by atoms with Gasteiger partial charge in [-0.1, -0.05) is 0 Å². The molecule has 0 saturated heterocycles. The second kappa shape index (κ2) is 5.03. The second-order valence-electron chi connectivity index (χ2n) is 2.66. The number of hydrogen-bond acceptors (Lipinski definition) is 3. The monoisotopic (exact) mass is 276 g/mol. The third-order valence-electron chi connectivity index (χ3n) is 1.73. The summed E-state index contributed by atoms with van der Waals surface area (Å²) in [5, 5.41) is 8.47. The lowest BCUT2D eigenvalue weighted by Gasteiger charge is -2.09. The van der Waals surface area contributed by atoms with Crippen LogP contribution >= 0.6 is 15.9 Å². The molecule has 0 bridgehead atoms. The quantitative estimate of drug-likeness (QED) is 0.853. The van der Waals surface area contributed by atoms with E-state index in [1.165, 1.54) is 13.2 Å². The minimum Gasteiger partial charge on any atom is -0.480 e. The minimum atomic E-state index is -2.71. The molecule has 0 saturated carbocycles. The van der Waals surface area contributed by atoms with Crippen molar-refractivity contribution in [1.82, 2.24) is 4.98 Å². The van der Waals surface area contributed by atoms with Crippen LogP contribution in [0, 0.1) is 11.3 Å². The van der Waals surface area contributed by atoms with Crippen LogP contribution in [0.1, 0.15) is 17.7 Å². The Labute approximate surface area is 93.8 Å². The van der Waals surface area contributed by atoms with Crippen LogP contribution < -0.4 is 4.74 Å². The molecule has 80 valence electrons. The van der Waals surface area contributed by atoms with E-state index in [4.69, 9.17) is 10.00 Å². The van der Waals surface area contributed by atoms with Crippen LogP contribution in [0.15, 0.2) is 10.5 Å². The molecular weight excluding hydrogens is 270 g/mol. The van der Waals surface area contributed by atoms with Crippen LogP contribution in [0.25, 0.3) is 0 Å². The number of alkyl halides is 2. The van der Waals surface area contributed by atoms with E-state index in [-0.39, 0.29) is 17.9 Å². The lowest BCUT2D eigenvalue weighted by atomic mass is 10.1. The van der Waals surface area contributed by atoms with Crippen molar-refractivity contribution in [3.63, 3.8) is 0 Å². The number of methoxy groups -OCH3 is 1.